The van der Waals surface area contributed by atoms with Gasteiger partial charge in [0.15, 0.2) is 14.6 Å². The third-order valence-electron chi connectivity index (χ3n) is 8.06. The number of rotatable bonds is 13. The van der Waals surface area contributed by atoms with Crippen molar-refractivity contribution >= 4 is 14.3 Å². The largest absolute Gasteiger partial charge is 0.469 e. The molecule has 5 nitrogen and oxygen atoms in total. The fourth-order valence-corrected chi connectivity index (χ4v) is 5.79. The lowest BCUT2D eigenvalue weighted by Gasteiger charge is -2.37. The summed E-state index contributed by atoms with van der Waals surface area (Å²) in [5.74, 6) is 1.17. The number of methoxy groups -OCH3 is 1. The summed E-state index contributed by atoms with van der Waals surface area (Å²) in [4.78, 5) is 22.0. The van der Waals surface area contributed by atoms with E-state index in [-0.39, 0.29) is 17.3 Å². The molecule has 1 saturated carbocycles. The second kappa shape index (κ2) is 12.7. The zero-order chi connectivity index (χ0) is 22.9. The van der Waals surface area contributed by atoms with Crippen LogP contribution in [0.2, 0.25) is 18.1 Å². The summed E-state index contributed by atoms with van der Waals surface area (Å²) >= 11 is 0. The molecule has 1 unspecified atom stereocenters. The van der Waals surface area contributed by atoms with E-state index in [9.17, 15) is 9.59 Å². The van der Waals surface area contributed by atoms with E-state index >= 15 is 0 Å². The number of carbonyl (C=O) groups is 1. The molecule has 31 heavy (non-hydrogen) atoms. The number of ether oxygens (including phenoxy) is 3. The van der Waals surface area contributed by atoms with Crippen LogP contribution in [0.25, 0.3) is 0 Å². The van der Waals surface area contributed by atoms with Crippen LogP contribution in [-0.2, 0) is 19.0 Å². The van der Waals surface area contributed by atoms with Crippen LogP contribution >= 0.6 is 0 Å². The third-order valence-corrected chi connectivity index (χ3v) is 11.6. The maximum Gasteiger partial charge on any atom is 0.305 e. The molecule has 1 saturated heterocycles. The molecule has 2 fully saturated rings. The minimum Gasteiger partial charge on any atom is -0.469 e. The maximum atomic E-state index is 11.3. The highest BCUT2D eigenvalue weighted by molar-refractivity contribution is 6.72. The number of carbonyl (C=O) groups excluding carboxylic acids is 1. The number of esters is 1. The summed E-state index contributed by atoms with van der Waals surface area (Å²) in [6, 6.07) is 0. The van der Waals surface area contributed by atoms with Crippen LogP contribution in [0.4, 0.5) is 0 Å². The highest BCUT2D eigenvalue weighted by Gasteiger charge is 2.42. The minimum atomic E-state index is -2.20. The fourth-order valence-electron chi connectivity index (χ4n) is 5.04. The van der Waals surface area contributed by atoms with Gasteiger partial charge in [-0.05, 0) is 81.3 Å². The van der Waals surface area contributed by atoms with Crippen molar-refractivity contribution in [1.82, 2.24) is 0 Å². The molecule has 2 aliphatic rings. The van der Waals surface area contributed by atoms with E-state index in [4.69, 9.17) is 14.2 Å². The van der Waals surface area contributed by atoms with Gasteiger partial charge < -0.3 is 19.0 Å². The zero-order valence-electron chi connectivity index (χ0n) is 20.8. The quantitative estimate of drug-likeness (QED) is 0.203. The molecule has 182 valence electrons. The highest BCUT2D eigenvalue weighted by Crippen LogP contribution is 2.46. The smallest absolute Gasteiger partial charge is 0.305 e. The average Bonchev–Trinajstić information content (AvgIpc) is 3.10. The van der Waals surface area contributed by atoms with Gasteiger partial charge in [0.05, 0.1) is 13.2 Å². The molecule has 4 atom stereocenters. The summed E-state index contributed by atoms with van der Waals surface area (Å²) < 4.78 is 17.1. The Labute approximate surface area is 191 Å². The van der Waals surface area contributed by atoms with Gasteiger partial charge in [-0.3, -0.25) is 4.79 Å². The van der Waals surface area contributed by atoms with Crippen LogP contribution in [0.3, 0.4) is 0 Å². The Morgan fingerprint density at radius 1 is 1.06 bits per heavy atom. The van der Waals surface area contributed by atoms with Gasteiger partial charge in [0.2, 0.25) is 0 Å². The van der Waals surface area contributed by atoms with Gasteiger partial charge in [0, 0.05) is 13.0 Å². The summed E-state index contributed by atoms with van der Waals surface area (Å²) in [7, 11) is -0.740. The first-order valence-corrected chi connectivity index (χ1v) is 15.6. The van der Waals surface area contributed by atoms with Crippen LogP contribution in [-0.4, -0.2) is 45.2 Å². The number of unbranched alkanes of at least 4 members (excludes halogenated alkanes) is 3. The van der Waals surface area contributed by atoms with Gasteiger partial charge in [-0.2, -0.15) is 0 Å². The first kappa shape index (κ1) is 26.8. The molecule has 6 heteroatoms. The predicted octanol–water partition coefficient (Wildman–Crippen LogP) is 6.20. The molecule has 0 aromatic carbocycles. The van der Waals surface area contributed by atoms with Gasteiger partial charge >= 0.3 is 5.97 Å². The molecule has 0 aromatic rings. The van der Waals surface area contributed by atoms with Crippen molar-refractivity contribution < 1.29 is 23.8 Å². The average molecular weight is 457 g/mol. The molecule has 1 heterocycles. The maximum absolute atomic E-state index is 11.3. The lowest BCUT2D eigenvalue weighted by molar-refractivity contribution is -0.196. The Kier molecular flexibility index (Phi) is 11.0. The Morgan fingerprint density at radius 2 is 1.81 bits per heavy atom. The molecule has 0 spiro atoms. The minimum absolute atomic E-state index is 0.0138. The first-order chi connectivity index (χ1) is 14.6. The van der Waals surface area contributed by atoms with E-state index in [1.54, 1.807) is 0 Å². The van der Waals surface area contributed by atoms with Gasteiger partial charge in [0.1, 0.15) is 0 Å². The van der Waals surface area contributed by atoms with Crippen LogP contribution in [0, 0.1) is 11.8 Å². The van der Waals surface area contributed by atoms with Gasteiger partial charge in [-0.1, -0.05) is 39.5 Å². The Bertz CT molecular complexity index is 524. The second-order valence-corrected chi connectivity index (χ2v) is 15.5. The second-order valence-electron chi connectivity index (χ2n) is 11.0. The SMILES string of the molecule is COC(=O)CCCCCC[C@H]1CC[C@@H](OC2CCCCO2)[C@@H]1CCC(C)(C)[Si](C)(C)O. The summed E-state index contributed by atoms with van der Waals surface area (Å²) in [5.41, 5.74) is 0. The van der Waals surface area contributed by atoms with Crippen molar-refractivity contribution in [3.63, 3.8) is 0 Å². The molecule has 0 aromatic heterocycles. The van der Waals surface area contributed by atoms with E-state index in [2.05, 4.69) is 26.9 Å². The Morgan fingerprint density at radius 3 is 2.45 bits per heavy atom. The van der Waals surface area contributed by atoms with E-state index in [0.717, 1.165) is 51.6 Å². The molecule has 2 rings (SSSR count). The van der Waals surface area contributed by atoms with Crippen molar-refractivity contribution in [2.45, 2.75) is 128 Å². The molecule has 0 bridgehead atoms. The van der Waals surface area contributed by atoms with Crippen LogP contribution in [0.1, 0.15) is 97.3 Å². The molecular formula is C25H48O5Si. The van der Waals surface area contributed by atoms with E-state index in [0.29, 0.717) is 24.4 Å². The Hall–Kier alpha value is -0.433. The molecular weight excluding hydrogens is 408 g/mol. The normalized spacial score (nSPS) is 27.4. The van der Waals surface area contributed by atoms with E-state index in [1.807, 2.05) is 0 Å². The van der Waals surface area contributed by atoms with Crippen molar-refractivity contribution in [3.05, 3.63) is 0 Å². The van der Waals surface area contributed by atoms with Crippen LogP contribution in [0.5, 0.6) is 0 Å². The van der Waals surface area contributed by atoms with Crippen molar-refractivity contribution in [3.8, 4) is 0 Å². The van der Waals surface area contributed by atoms with Crippen LogP contribution in [0.15, 0.2) is 0 Å². The molecule has 0 amide bonds. The molecule has 1 aliphatic heterocycles. The van der Waals surface area contributed by atoms with Gasteiger partial charge in [-0.25, -0.2) is 0 Å². The number of hydrogen-bond donors (Lipinski definition) is 1. The van der Waals surface area contributed by atoms with Crippen molar-refractivity contribution in [2.24, 2.45) is 11.8 Å². The van der Waals surface area contributed by atoms with E-state index < -0.39 is 8.32 Å². The molecule has 0 radical (unpaired) electrons. The van der Waals surface area contributed by atoms with Gasteiger partial charge in [0.25, 0.3) is 0 Å². The Balaban J connectivity index is 1.86. The lowest BCUT2D eigenvalue weighted by atomic mass is 9.84. The standard InChI is InChI=1S/C25H48O5Si/c1-25(2,31(4,5)27)18-17-21-20(12-8-6-7-9-13-23(26)28-3)15-16-22(21)30-24-14-10-11-19-29-24/h20-22,24,27H,6-19H2,1-5H3/t20-,21+,22+,24?/m0/s1. The van der Waals surface area contributed by atoms with E-state index in [1.165, 1.54) is 39.2 Å². The first-order valence-electron chi connectivity index (χ1n) is 12.7. The molecule has 1 N–H and O–H groups in total. The van der Waals surface area contributed by atoms with Crippen molar-refractivity contribution in [2.75, 3.05) is 13.7 Å². The lowest BCUT2D eigenvalue weighted by Crippen LogP contribution is -2.40. The molecule has 1 aliphatic carbocycles. The number of hydrogen-bond acceptors (Lipinski definition) is 5. The predicted molar refractivity (Wildman–Crippen MR) is 127 cm³/mol. The third kappa shape index (κ3) is 8.79. The fraction of sp³-hybridized carbons (Fsp3) is 0.960. The monoisotopic (exact) mass is 456 g/mol. The van der Waals surface area contributed by atoms with Crippen molar-refractivity contribution in [1.29, 1.82) is 0 Å². The summed E-state index contributed by atoms with van der Waals surface area (Å²) in [5, 5.41) is 0.0138. The summed E-state index contributed by atoms with van der Waals surface area (Å²) in [6.45, 7) is 9.44. The topological polar surface area (TPSA) is 65.0 Å². The van der Waals surface area contributed by atoms with Gasteiger partial charge in [-0.15, -0.1) is 0 Å². The zero-order valence-corrected chi connectivity index (χ0v) is 21.8. The van der Waals surface area contributed by atoms with Crippen LogP contribution < -0.4 is 0 Å². The summed E-state index contributed by atoms with van der Waals surface area (Å²) in [6.07, 6.45) is 14.4. The highest BCUT2D eigenvalue weighted by atomic mass is 28.4.